The van der Waals surface area contributed by atoms with E-state index >= 15 is 0 Å². The Hall–Kier alpha value is -1.05. The molecule has 0 aromatic carbocycles. The Balaban J connectivity index is 2.26. The van der Waals surface area contributed by atoms with Gasteiger partial charge in [0.15, 0.2) is 5.76 Å². The molecule has 6 nitrogen and oxygen atoms in total. The lowest BCUT2D eigenvalue weighted by atomic mass is 10.4. The molecule has 1 rings (SSSR count). The van der Waals surface area contributed by atoms with Crippen LogP contribution in [0.25, 0.3) is 0 Å². The van der Waals surface area contributed by atoms with E-state index in [-0.39, 0.29) is 5.97 Å². The number of nitrogens with two attached hydrogens (primary N) is 1. The first-order chi connectivity index (χ1) is 8.67. The summed E-state index contributed by atoms with van der Waals surface area (Å²) >= 11 is 1.51. The van der Waals surface area contributed by atoms with Crippen molar-refractivity contribution >= 4 is 17.7 Å². The number of thioether (sulfide) groups is 1. The van der Waals surface area contributed by atoms with E-state index in [4.69, 9.17) is 19.7 Å². The van der Waals surface area contributed by atoms with Crippen molar-refractivity contribution < 1.29 is 18.8 Å². The molecule has 0 saturated carbocycles. The minimum Gasteiger partial charge on any atom is -0.465 e. The minimum atomic E-state index is -0.597. The largest absolute Gasteiger partial charge is 0.465 e. The Morgan fingerprint density at radius 1 is 1.67 bits per heavy atom. The summed E-state index contributed by atoms with van der Waals surface area (Å²) in [6.45, 7) is 2.51. The molecule has 0 aliphatic rings. The fraction of sp³-hybridized carbons (Fsp3) is 0.636. The first-order valence-electron chi connectivity index (χ1n) is 5.60. The Kier molecular flexibility index (Phi) is 6.77. The smallest absolute Gasteiger partial charge is 0.323 e. The molecule has 0 aliphatic carbocycles. The normalized spacial score (nSPS) is 12.4. The predicted molar refractivity (Wildman–Crippen MR) is 68.0 cm³/mol. The van der Waals surface area contributed by atoms with E-state index in [1.54, 1.807) is 14.0 Å². The van der Waals surface area contributed by atoms with Crippen LogP contribution in [0.2, 0.25) is 0 Å². The Labute approximate surface area is 110 Å². The lowest BCUT2D eigenvalue weighted by Gasteiger charge is -2.08. The lowest BCUT2D eigenvalue weighted by molar-refractivity contribution is -0.144. The van der Waals surface area contributed by atoms with Gasteiger partial charge in [-0.1, -0.05) is 5.16 Å². The highest BCUT2D eigenvalue weighted by Gasteiger charge is 2.14. The minimum absolute atomic E-state index is 0.348. The summed E-state index contributed by atoms with van der Waals surface area (Å²) in [6.07, 6.45) is 0. The zero-order chi connectivity index (χ0) is 13.4. The van der Waals surface area contributed by atoms with Gasteiger partial charge in [0.1, 0.15) is 12.6 Å². The summed E-state index contributed by atoms with van der Waals surface area (Å²) in [5, 5.41) is 3.88. The van der Waals surface area contributed by atoms with E-state index in [0.29, 0.717) is 30.5 Å². The molecule has 1 aromatic heterocycles. The summed E-state index contributed by atoms with van der Waals surface area (Å²) in [5.74, 6) is 1.44. The molecule has 0 bridgehead atoms. The molecule has 1 aromatic rings. The number of carbonyl (C=O) groups is 1. The van der Waals surface area contributed by atoms with Crippen molar-refractivity contribution in [1.82, 2.24) is 5.16 Å². The zero-order valence-electron chi connectivity index (χ0n) is 10.5. The maximum atomic E-state index is 11.3. The first-order valence-corrected chi connectivity index (χ1v) is 6.76. The summed E-state index contributed by atoms with van der Waals surface area (Å²) in [4.78, 5) is 11.3. The van der Waals surface area contributed by atoms with Gasteiger partial charge in [0, 0.05) is 24.7 Å². The van der Waals surface area contributed by atoms with Gasteiger partial charge in [-0.2, -0.15) is 11.8 Å². The molecule has 7 heteroatoms. The second-order valence-electron chi connectivity index (χ2n) is 3.59. The fourth-order valence-corrected chi connectivity index (χ4v) is 2.09. The standard InChI is InChI=1S/C11H18N2O4S/c1-3-16-11(14)10(12)7-18-6-8-4-9(5-15-2)17-13-8/h4,10H,3,5-7,12H2,1-2H3. The average molecular weight is 274 g/mol. The van der Waals surface area contributed by atoms with Crippen molar-refractivity contribution in [2.75, 3.05) is 19.5 Å². The van der Waals surface area contributed by atoms with Gasteiger partial charge in [0.25, 0.3) is 0 Å². The molecule has 102 valence electrons. The van der Waals surface area contributed by atoms with E-state index in [0.717, 1.165) is 5.69 Å². The number of hydrogen-bond donors (Lipinski definition) is 1. The van der Waals surface area contributed by atoms with Gasteiger partial charge in [-0.05, 0) is 6.92 Å². The van der Waals surface area contributed by atoms with Crippen molar-refractivity contribution in [2.45, 2.75) is 25.3 Å². The predicted octanol–water partition coefficient (Wildman–Crippen LogP) is 0.945. The van der Waals surface area contributed by atoms with Gasteiger partial charge in [-0.15, -0.1) is 0 Å². The molecular formula is C11H18N2O4S. The summed E-state index contributed by atoms with van der Waals surface area (Å²) in [7, 11) is 1.59. The third kappa shape index (κ3) is 5.07. The van der Waals surface area contributed by atoms with Gasteiger partial charge < -0.3 is 19.7 Å². The van der Waals surface area contributed by atoms with E-state index < -0.39 is 6.04 Å². The molecule has 18 heavy (non-hydrogen) atoms. The SMILES string of the molecule is CCOC(=O)C(N)CSCc1cc(COC)on1. The maximum Gasteiger partial charge on any atom is 0.323 e. The zero-order valence-corrected chi connectivity index (χ0v) is 11.4. The van der Waals surface area contributed by atoms with Crippen LogP contribution in [-0.4, -0.2) is 36.6 Å². The topological polar surface area (TPSA) is 87.6 Å². The van der Waals surface area contributed by atoms with Crippen LogP contribution in [0.1, 0.15) is 18.4 Å². The molecule has 0 aliphatic heterocycles. The highest BCUT2D eigenvalue weighted by atomic mass is 32.2. The summed E-state index contributed by atoms with van der Waals surface area (Å²) in [5.41, 5.74) is 6.47. The van der Waals surface area contributed by atoms with Crippen LogP contribution in [0.3, 0.4) is 0 Å². The van der Waals surface area contributed by atoms with Gasteiger partial charge in [-0.3, -0.25) is 4.79 Å². The monoisotopic (exact) mass is 274 g/mol. The Bertz CT molecular complexity index is 370. The first kappa shape index (κ1) is 15.0. The molecule has 1 unspecified atom stereocenters. The number of methoxy groups -OCH3 is 1. The van der Waals surface area contributed by atoms with Gasteiger partial charge in [0.2, 0.25) is 0 Å². The van der Waals surface area contributed by atoms with Crippen LogP contribution < -0.4 is 5.73 Å². The fourth-order valence-electron chi connectivity index (χ4n) is 1.24. The number of carbonyl (C=O) groups excluding carboxylic acids is 1. The molecule has 0 amide bonds. The molecule has 0 spiro atoms. The summed E-state index contributed by atoms with van der Waals surface area (Å²) in [6, 6.07) is 1.23. The van der Waals surface area contributed by atoms with E-state index in [9.17, 15) is 4.79 Å². The molecule has 0 fully saturated rings. The van der Waals surface area contributed by atoms with Crippen LogP contribution in [-0.2, 0) is 26.6 Å². The second kappa shape index (κ2) is 8.12. The Morgan fingerprint density at radius 2 is 2.44 bits per heavy atom. The van der Waals surface area contributed by atoms with Crippen molar-refractivity contribution in [1.29, 1.82) is 0 Å². The number of hydrogen-bond acceptors (Lipinski definition) is 7. The van der Waals surface area contributed by atoms with E-state index in [1.807, 2.05) is 6.07 Å². The van der Waals surface area contributed by atoms with Crippen LogP contribution >= 0.6 is 11.8 Å². The quantitative estimate of drug-likeness (QED) is 0.706. The van der Waals surface area contributed by atoms with Crippen molar-refractivity contribution in [3.63, 3.8) is 0 Å². The molecular weight excluding hydrogens is 256 g/mol. The maximum absolute atomic E-state index is 11.3. The number of rotatable bonds is 8. The van der Waals surface area contributed by atoms with Gasteiger partial charge >= 0.3 is 5.97 Å². The lowest BCUT2D eigenvalue weighted by Crippen LogP contribution is -2.34. The van der Waals surface area contributed by atoms with Gasteiger partial charge in [-0.25, -0.2) is 0 Å². The van der Waals surface area contributed by atoms with Crippen molar-refractivity contribution in [2.24, 2.45) is 5.73 Å². The van der Waals surface area contributed by atoms with Crippen LogP contribution in [0.4, 0.5) is 0 Å². The number of esters is 1. The average Bonchev–Trinajstić information content (AvgIpc) is 2.77. The molecule has 1 heterocycles. The number of aromatic nitrogens is 1. The van der Waals surface area contributed by atoms with Crippen LogP contribution in [0.15, 0.2) is 10.6 Å². The third-order valence-corrected chi connectivity index (χ3v) is 3.13. The molecule has 1 atom stereocenters. The summed E-state index contributed by atoms with van der Waals surface area (Å²) < 4.78 is 14.8. The Morgan fingerprint density at radius 3 is 3.11 bits per heavy atom. The number of ether oxygens (including phenoxy) is 2. The van der Waals surface area contributed by atoms with Gasteiger partial charge in [0.05, 0.1) is 12.3 Å². The molecule has 2 N–H and O–H groups in total. The van der Waals surface area contributed by atoms with Crippen molar-refractivity contribution in [3.8, 4) is 0 Å². The highest BCUT2D eigenvalue weighted by Crippen LogP contribution is 2.14. The van der Waals surface area contributed by atoms with E-state index in [2.05, 4.69) is 5.16 Å². The van der Waals surface area contributed by atoms with Crippen molar-refractivity contribution in [3.05, 3.63) is 17.5 Å². The van der Waals surface area contributed by atoms with Crippen LogP contribution in [0, 0.1) is 0 Å². The molecule has 0 saturated heterocycles. The highest BCUT2D eigenvalue weighted by molar-refractivity contribution is 7.98. The number of nitrogens with zero attached hydrogens (tertiary/aromatic N) is 1. The molecule has 0 radical (unpaired) electrons. The van der Waals surface area contributed by atoms with E-state index in [1.165, 1.54) is 11.8 Å². The second-order valence-corrected chi connectivity index (χ2v) is 4.62. The third-order valence-electron chi connectivity index (χ3n) is 2.03. The van der Waals surface area contributed by atoms with Crippen LogP contribution in [0.5, 0.6) is 0 Å².